The van der Waals surface area contributed by atoms with Gasteiger partial charge in [0, 0.05) is 30.4 Å². The molecule has 0 radical (unpaired) electrons. The van der Waals surface area contributed by atoms with Crippen molar-refractivity contribution in [2.24, 2.45) is 16.7 Å². The zero-order valence-electron chi connectivity index (χ0n) is 12.2. The summed E-state index contributed by atoms with van der Waals surface area (Å²) in [6.07, 6.45) is 4.52. The lowest BCUT2D eigenvalue weighted by Crippen LogP contribution is -2.51. The lowest BCUT2D eigenvalue weighted by molar-refractivity contribution is -0.323. The maximum Gasteiger partial charge on any atom is 0.226 e. The van der Waals surface area contributed by atoms with Gasteiger partial charge in [-0.05, 0) is 37.5 Å². The van der Waals surface area contributed by atoms with Gasteiger partial charge in [-0.3, -0.25) is 4.79 Å². The molecule has 1 saturated heterocycles. The Morgan fingerprint density at radius 3 is 2.16 bits per heavy atom. The quantitative estimate of drug-likeness (QED) is 0.754. The Hall–Kier alpha value is -1.06. The minimum atomic E-state index is -1.02. The SMILES string of the molecule is CC1(C)[C@@H](C(=O)N2CCCCC2)CC[C@]1(C)C(=O)[O-]. The third-order valence-electron chi connectivity index (χ3n) is 5.64. The molecular weight excluding hydrogens is 242 g/mol. The van der Waals surface area contributed by atoms with E-state index < -0.39 is 16.8 Å². The van der Waals surface area contributed by atoms with Crippen LogP contribution < -0.4 is 5.11 Å². The number of likely N-dealkylation sites (tertiary alicyclic amines) is 1. The molecule has 4 heteroatoms. The fourth-order valence-corrected chi connectivity index (χ4v) is 3.63. The lowest BCUT2D eigenvalue weighted by atomic mass is 9.65. The summed E-state index contributed by atoms with van der Waals surface area (Å²) in [6, 6.07) is 0. The highest BCUT2D eigenvalue weighted by atomic mass is 16.4. The van der Waals surface area contributed by atoms with Crippen LogP contribution in [0.25, 0.3) is 0 Å². The largest absolute Gasteiger partial charge is 0.550 e. The number of aliphatic carboxylic acids is 1. The molecule has 2 aliphatic rings. The molecule has 19 heavy (non-hydrogen) atoms. The number of carbonyl (C=O) groups excluding carboxylic acids is 2. The van der Waals surface area contributed by atoms with Crippen LogP contribution in [0.15, 0.2) is 0 Å². The summed E-state index contributed by atoms with van der Waals surface area (Å²) in [5.74, 6) is -1.06. The number of nitrogens with zero attached hydrogens (tertiary/aromatic N) is 1. The molecule has 4 nitrogen and oxygen atoms in total. The van der Waals surface area contributed by atoms with Gasteiger partial charge < -0.3 is 14.8 Å². The van der Waals surface area contributed by atoms with E-state index in [2.05, 4.69) is 0 Å². The number of rotatable bonds is 2. The van der Waals surface area contributed by atoms with Crippen LogP contribution in [0, 0.1) is 16.7 Å². The highest BCUT2D eigenvalue weighted by Gasteiger charge is 2.55. The summed E-state index contributed by atoms with van der Waals surface area (Å²) in [4.78, 5) is 26.0. The summed E-state index contributed by atoms with van der Waals surface area (Å²) in [5, 5.41) is 11.4. The molecule has 0 aromatic heterocycles. The van der Waals surface area contributed by atoms with Gasteiger partial charge in [0.25, 0.3) is 0 Å². The topological polar surface area (TPSA) is 60.4 Å². The van der Waals surface area contributed by atoms with Crippen LogP contribution in [0.2, 0.25) is 0 Å². The molecule has 0 aromatic carbocycles. The highest BCUT2D eigenvalue weighted by molar-refractivity contribution is 5.83. The predicted octanol–water partition coefficient (Wildman–Crippen LogP) is 1.19. The second kappa shape index (κ2) is 4.80. The molecule has 1 heterocycles. The van der Waals surface area contributed by atoms with Crippen LogP contribution >= 0.6 is 0 Å². The Balaban J connectivity index is 2.17. The molecule has 0 bridgehead atoms. The van der Waals surface area contributed by atoms with E-state index in [4.69, 9.17) is 0 Å². The first-order chi connectivity index (χ1) is 8.80. The van der Waals surface area contributed by atoms with Crippen molar-refractivity contribution >= 4 is 11.9 Å². The number of hydrogen-bond donors (Lipinski definition) is 0. The van der Waals surface area contributed by atoms with Crippen molar-refractivity contribution in [1.29, 1.82) is 0 Å². The Kier molecular flexibility index (Phi) is 3.63. The van der Waals surface area contributed by atoms with E-state index in [1.807, 2.05) is 18.7 Å². The van der Waals surface area contributed by atoms with E-state index in [1.165, 1.54) is 6.42 Å². The number of carboxylic acid groups (broad SMARTS) is 1. The number of amides is 1. The third kappa shape index (κ3) is 2.15. The van der Waals surface area contributed by atoms with Crippen molar-refractivity contribution < 1.29 is 14.7 Å². The summed E-state index contributed by atoms with van der Waals surface area (Å²) >= 11 is 0. The number of carbonyl (C=O) groups is 2. The van der Waals surface area contributed by atoms with E-state index in [1.54, 1.807) is 6.92 Å². The average molecular weight is 266 g/mol. The van der Waals surface area contributed by atoms with Crippen LogP contribution in [0.5, 0.6) is 0 Å². The first kappa shape index (κ1) is 14.4. The Morgan fingerprint density at radius 2 is 1.68 bits per heavy atom. The summed E-state index contributed by atoms with van der Waals surface area (Å²) in [7, 11) is 0. The minimum absolute atomic E-state index is 0.148. The zero-order valence-corrected chi connectivity index (χ0v) is 12.2. The van der Waals surface area contributed by atoms with Gasteiger partial charge >= 0.3 is 0 Å². The Morgan fingerprint density at radius 1 is 1.11 bits per heavy atom. The maximum atomic E-state index is 12.6. The highest BCUT2D eigenvalue weighted by Crippen LogP contribution is 2.56. The van der Waals surface area contributed by atoms with Gasteiger partial charge in [-0.2, -0.15) is 0 Å². The van der Waals surface area contributed by atoms with Gasteiger partial charge in [0.2, 0.25) is 5.91 Å². The molecule has 2 fully saturated rings. The fourth-order valence-electron chi connectivity index (χ4n) is 3.63. The Labute approximate surface area is 115 Å². The van der Waals surface area contributed by atoms with E-state index in [9.17, 15) is 14.7 Å². The molecular formula is C15H24NO3-. The molecule has 2 atom stereocenters. The molecule has 1 aliphatic heterocycles. The number of carboxylic acids is 1. The molecule has 0 aromatic rings. The van der Waals surface area contributed by atoms with Crippen molar-refractivity contribution in [1.82, 2.24) is 4.90 Å². The zero-order chi connectivity index (χ0) is 14.3. The average Bonchev–Trinajstić information content (AvgIpc) is 2.62. The summed E-state index contributed by atoms with van der Waals surface area (Å²) < 4.78 is 0. The monoisotopic (exact) mass is 266 g/mol. The molecule has 0 N–H and O–H groups in total. The van der Waals surface area contributed by atoms with E-state index in [-0.39, 0.29) is 11.8 Å². The van der Waals surface area contributed by atoms with Crippen molar-refractivity contribution in [3.8, 4) is 0 Å². The fraction of sp³-hybridized carbons (Fsp3) is 0.867. The van der Waals surface area contributed by atoms with E-state index >= 15 is 0 Å². The van der Waals surface area contributed by atoms with Crippen molar-refractivity contribution in [3.63, 3.8) is 0 Å². The Bertz CT molecular complexity index is 385. The second-order valence-corrected chi connectivity index (χ2v) is 6.82. The number of piperidine rings is 1. The van der Waals surface area contributed by atoms with Crippen molar-refractivity contribution in [3.05, 3.63) is 0 Å². The van der Waals surface area contributed by atoms with Gasteiger partial charge in [0.15, 0.2) is 0 Å². The second-order valence-electron chi connectivity index (χ2n) is 6.82. The van der Waals surface area contributed by atoms with Crippen LogP contribution in [0.3, 0.4) is 0 Å². The van der Waals surface area contributed by atoms with Gasteiger partial charge in [-0.1, -0.05) is 20.8 Å². The first-order valence-electron chi connectivity index (χ1n) is 7.31. The molecule has 1 amide bonds. The minimum Gasteiger partial charge on any atom is -0.550 e. The third-order valence-corrected chi connectivity index (χ3v) is 5.64. The predicted molar refractivity (Wildman–Crippen MR) is 70.1 cm³/mol. The van der Waals surface area contributed by atoms with Gasteiger partial charge in [-0.25, -0.2) is 0 Å². The van der Waals surface area contributed by atoms with E-state index in [0.717, 1.165) is 25.9 Å². The van der Waals surface area contributed by atoms with Gasteiger partial charge in [0.1, 0.15) is 0 Å². The lowest BCUT2D eigenvalue weighted by Gasteiger charge is -2.43. The first-order valence-corrected chi connectivity index (χ1v) is 7.31. The van der Waals surface area contributed by atoms with Crippen LogP contribution in [0.4, 0.5) is 0 Å². The van der Waals surface area contributed by atoms with Crippen LogP contribution in [0.1, 0.15) is 52.9 Å². The van der Waals surface area contributed by atoms with Crippen LogP contribution in [-0.4, -0.2) is 29.9 Å². The van der Waals surface area contributed by atoms with Crippen LogP contribution in [-0.2, 0) is 9.59 Å². The summed E-state index contributed by atoms with van der Waals surface area (Å²) in [5.41, 5.74) is -1.44. The standard InChI is InChI=1S/C15H25NO3/c1-14(2)11(7-8-15(14,3)13(18)19)12(17)16-9-5-4-6-10-16/h11H,4-10H2,1-3H3,(H,18,19)/p-1/t11-,15-/m1/s1. The van der Waals surface area contributed by atoms with E-state index in [0.29, 0.717) is 12.8 Å². The van der Waals surface area contributed by atoms with Gasteiger partial charge in [0.05, 0.1) is 0 Å². The normalized spacial score (nSPS) is 34.3. The molecule has 0 spiro atoms. The smallest absolute Gasteiger partial charge is 0.226 e. The summed E-state index contributed by atoms with van der Waals surface area (Å²) in [6.45, 7) is 7.19. The van der Waals surface area contributed by atoms with Crippen molar-refractivity contribution in [2.75, 3.05) is 13.1 Å². The van der Waals surface area contributed by atoms with Gasteiger partial charge in [-0.15, -0.1) is 0 Å². The molecule has 1 saturated carbocycles. The molecule has 1 aliphatic carbocycles. The maximum absolute atomic E-state index is 12.6. The number of hydrogen-bond acceptors (Lipinski definition) is 3. The van der Waals surface area contributed by atoms with Crippen molar-refractivity contribution in [2.45, 2.75) is 52.9 Å². The molecule has 108 valence electrons. The molecule has 2 rings (SSSR count). The molecule has 0 unspecified atom stereocenters.